The van der Waals surface area contributed by atoms with E-state index in [4.69, 9.17) is 19.3 Å². The lowest BCUT2D eigenvalue weighted by Gasteiger charge is -2.38. The van der Waals surface area contributed by atoms with E-state index in [2.05, 4.69) is 69.1 Å². The number of hydrazone groups is 1. The third-order valence-corrected chi connectivity index (χ3v) is 7.00. The monoisotopic (exact) mass is 584 g/mol. The molecule has 5 rings (SSSR count). The molecule has 0 bridgehead atoms. The van der Waals surface area contributed by atoms with Crippen LogP contribution >= 0.6 is 31.9 Å². The maximum atomic E-state index is 11.6. The van der Waals surface area contributed by atoms with Gasteiger partial charge in [0.25, 0.3) is 0 Å². The van der Waals surface area contributed by atoms with E-state index in [1.54, 1.807) is 7.11 Å². The number of carbonyl (C=O) groups is 1. The molecule has 2 atom stereocenters. The van der Waals surface area contributed by atoms with Crippen molar-refractivity contribution in [3.05, 3.63) is 85.8 Å². The van der Waals surface area contributed by atoms with Crippen LogP contribution in [0.4, 0.5) is 0 Å². The molecule has 8 heteroatoms. The van der Waals surface area contributed by atoms with E-state index >= 15 is 0 Å². The second kappa shape index (κ2) is 9.07. The molecule has 0 saturated carbocycles. The third kappa shape index (κ3) is 4.20. The Kier molecular flexibility index (Phi) is 6.12. The molecule has 0 N–H and O–H groups in total. The van der Waals surface area contributed by atoms with Crippen LogP contribution in [-0.4, -0.2) is 23.8 Å². The zero-order valence-corrected chi connectivity index (χ0v) is 22.0. The largest absolute Gasteiger partial charge is 0.493 e. The van der Waals surface area contributed by atoms with Gasteiger partial charge in [0.05, 0.1) is 23.3 Å². The number of carbonyl (C=O) groups excluding carboxylic acids is 1. The number of ether oxygens (including phenoxy) is 3. The fourth-order valence-corrected chi connectivity index (χ4v) is 5.24. The van der Waals surface area contributed by atoms with Gasteiger partial charge in [0, 0.05) is 28.9 Å². The van der Waals surface area contributed by atoms with Crippen LogP contribution in [0.3, 0.4) is 0 Å². The SMILES string of the molecule is COc1cc(C2Oc3ccc(Br)cc3C3CC(c4ccc(C)cc4)=NN32)cc(Br)c1OC(C)=O. The highest BCUT2D eigenvalue weighted by Gasteiger charge is 2.41. The minimum absolute atomic E-state index is 0.0143. The number of hydrogen-bond donors (Lipinski definition) is 0. The van der Waals surface area contributed by atoms with Crippen LogP contribution in [0.5, 0.6) is 17.2 Å². The van der Waals surface area contributed by atoms with Crippen molar-refractivity contribution in [3.63, 3.8) is 0 Å². The van der Waals surface area contributed by atoms with E-state index in [1.165, 1.54) is 12.5 Å². The second-order valence-electron chi connectivity index (χ2n) is 8.29. The highest BCUT2D eigenvalue weighted by Crippen LogP contribution is 2.49. The predicted molar refractivity (Wildman–Crippen MR) is 136 cm³/mol. The Labute approximate surface area is 214 Å². The van der Waals surface area contributed by atoms with Crippen LogP contribution in [0.2, 0.25) is 0 Å². The van der Waals surface area contributed by atoms with Crippen LogP contribution < -0.4 is 14.2 Å². The number of aryl methyl sites for hydroxylation is 1. The van der Waals surface area contributed by atoms with Gasteiger partial charge in [-0.15, -0.1) is 0 Å². The summed E-state index contributed by atoms with van der Waals surface area (Å²) in [5.74, 6) is 1.16. The predicted octanol–water partition coefficient (Wildman–Crippen LogP) is 6.70. The molecule has 3 aromatic rings. The molecule has 0 aromatic heterocycles. The van der Waals surface area contributed by atoms with E-state index in [9.17, 15) is 4.79 Å². The summed E-state index contributed by atoms with van der Waals surface area (Å²) < 4.78 is 19.0. The fraction of sp³-hybridized carbons (Fsp3) is 0.231. The molecular formula is C26H22Br2N2O4. The van der Waals surface area contributed by atoms with Crippen molar-refractivity contribution in [1.29, 1.82) is 0 Å². The zero-order chi connectivity index (χ0) is 24.0. The average molecular weight is 586 g/mol. The molecule has 0 aliphatic carbocycles. The number of halogens is 2. The van der Waals surface area contributed by atoms with Gasteiger partial charge < -0.3 is 14.2 Å². The summed E-state index contributed by atoms with van der Waals surface area (Å²) in [7, 11) is 1.54. The highest BCUT2D eigenvalue weighted by atomic mass is 79.9. The summed E-state index contributed by atoms with van der Waals surface area (Å²) in [6, 6.07) is 18.2. The Morgan fingerprint density at radius 1 is 1.12 bits per heavy atom. The topological polar surface area (TPSA) is 60.4 Å². The van der Waals surface area contributed by atoms with E-state index in [1.807, 2.05) is 29.3 Å². The summed E-state index contributed by atoms with van der Waals surface area (Å²) in [4.78, 5) is 11.6. The first-order chi connectivity index (χ1) is 16.3. The standard InChI is InChI=1S/C26H22Br2N2O4/c1-14-4-6-16(7-5-14)21-13-22-19-12-18(27)8-9-23(19)34-26(30(22)29-21)17-10-20(28)25(33-15(2)31)24(11-17)32-3/h4-12,22,26H,13H2,1-3H3. The minimum atomic E-state index is -0.488. The highest BCUT2D eigenvalue weighted by molar-refractivity contribution is 9.10. The van der Waals surface area contributed by atoms with E-state index in [0.29, 0.717) is 16.0 Å². The summed E-state index contributed by atoms with van der Waals surface area (Å²) in [5, 5.41) is 7.03. The lowest BCUT2D eigenvalue weighted by Crippen LogP contribution is -2.33. The number of methoxy groups -OCH3 is 1. The molecule has 6 nitrogen and oxygen atoms in total. The maximum Gasteiger partial charge on any atom is 0.308 e. The summed E-state index contributed by atoms with van der Waals surface area (Å²) in [6.07, 6.45) is 0.272. The summed E-state index contributed by atoms with van der Waals surface area (Å²) in [6.45, 7) is 3.43. The van der Waals surface area contributed by atoms with Crippen molar-refractivity contribution < 1.29 is 19.0 Å². The van der Waals surface area contributed by atoms with Gasteiger partial charge in [-0.2, -0.15) is 5.10 Å². The molecule has 2 heterocycles. The molecule has 2 aliphatic rings. The van der Waals surface area contributed by atoms with Gasteiger partial charge in [0.15, 0.2) is 11.5 Å². The van der Waals surface area contributed by atoms with Crippen molar-refractivity contribution >= 4 is 43.5 Å². The van der Waals surface area contributed by atoms with Gasteiger partial charge in [-0.3, -0.25) is 4.79 Å². The zero-order valence-electron chi connectivity index (χ0n) is 18.8. The molecule has 3 aromatic carbocycles. The summed E-state index contributed by atoms with van der Waals surface area (Å²) >= 11 is 7.13. The maximum absolute atomic E-state index is 11.6. The quantitative estimate of drug-likeness (QED) is 0.252. The number of esters is 1. The van der Waals surface area contributed by atoms with Gasteiger partial charge in [-0.25, -0.2) is 5.01 Å². The second-order valence-corrected chi connectivity index (χ2v) is 10.1. The molecule has 0 fully saturated rings. The van der Waals surface area contributed by atoms with E-state index in [0.717, 1.165) is 39.0 Å². The van der Waals surface area contributed by atoms with E-state index in [-0.39, 0.29) is 6.04 Å². The molecular weight excluding hydrogens is 564 g/mol. The molecule has 2 aliphatic heterocycles. The molecule has 0 amide bonds. The Hall–Kier alpha value is -2.84. The number of benzene rings is 3. The Morgan fingerprint density at radius 2 is 1.88 bits per heavy atom. The molecule has 0 spiro atoms. The number of fused-ring (bicyclic) bond motifs is 3. The molecule has 34 heavy (non-hydrogen) atoms. The van der Waals surface area contributed by atoms with Crippen LogP contribution in [0, 0.1) is 6.92 Å². The van der Waals surface area contributed by atoms with Crippen molar-refractivity contribution in [2.24, 2.45) is 5.10 Å². The Balaban J connectivity index is 1.60. The minimum Gasteiger partial charge on any atom is -0.493 e. The number of nitrogens with zero attached hydrogens (tertiary/aromatic N) is 2. The van der Waals surface area contributed by atoms with Crippen LogP contribution in [0.25, 0.3) is 0 Å². The number of hydrogen-bond acceptors (Lipinski definition) is 6. The van der Waals surface area contributed by atoms with Gasteiger partial charge in [-0.1, -0.05) is 45.8 Å². The number of rotatable bonds is 4. The first-order valence-electron chi connectivity index (χ1n) is 10.8. The Morgan fingerprint density at radius 3 is 2.59 bits per heavy atom. The molecule has 0 saturated heterocycles. The smallest absolute Gasteiger partial charge is 0.308 e. The van der Waals surface area contributed by atoms with Gasteiger partial charge in [-0.05, 0) is 58.7 Å². The van der Waals surface area contributed by atoms with Crippen LogP contribution in [0.1, 0.15) is 47.9 Å². The third-order valence-electron chi connectivity index (χ3n) is 5.92. The lowest BCUT2D eigenvalue weighted by molar-refractivity contribution is -0.132. The fourth-order valence-electron chi connectivity index (χ4n) is 4.32. The normalized spacial score (nSPS) is 18.5. The lowest BCUT2D eigenvalue weighted by atomic mass is 9.95. The van der Waals surface area contributed by atoms with Crippen LogP contribution in [-0.2, 0) is 4.79 Å². The average Bonchev–Trinajstić information content (AvgIpc) is 3.26. The van der Waals surface area contributed by atoms with Crippen molar-refractivity contribution in [2.75, 3.05) is 7.11 Å². The molecule has 174 valence electrons. The van der Waals surface area contributed by atoms with Gasteiger partial charge in [0.2, 0.25) is 6.23 Å². The first kappa shape index (κ1) is 22.9. The summed E-state index contributed by atoms with van der Waals surface area (Å²) in [5.41, 5.74) is 5.22. The van der Waals surface area contributed by atoms with Gasteiger partial charge >= 0.3 is 5.97 Å². The van der Waals surface area contributed by atoms with Crippen molar-refractivity contribution in [3.8, 4) is 17.2 Å². The molecule has 0 radical (unpaired) electrons. The first-order valence-corrected chi connectivity index (χ1v) is 12.4. The van der Waals surface area contributed by atoms with E-state index < -0.39 is 12.2 Å². The van der Waals surface area contributed by atoms with Crippen molar-refractivity contribution in [2.45, 2.75) is 32.5 Å². The van der Waals surface area contributed by atoms with Gasteiger partial charge in [0.1, 0.15) is 5.75 Å². The Bertz CT molecular complexity index is 1310. The van der Waals surface area contributed by atoms with Crippen LogP contribution in [0.15, 0.2) is 68.6 Å². The molecule has 2 unspecified atom stereocenters. The van der Waals surface area contributed by atoms with Crippen molar-refractivity contribution in [1.82, 2.24) is 5.01 Å².